The molecule has 0 N–H and O–H groups in total. The Kier molecular flexibility index (Phi) is 5.50. The van der Waals surface area contributed by atoms with Crippen LogP contribution in [-0.4, -0.2) is 18.7 Å². The smallest absolute Gasteiger partial charge is 0.166 e. The number of Topliss-reactive ketones (excluding diaryl/α,β-unsaturated/α-hetero) is 2. The number of fused-ring (bicyclic) bond motifs is 1. The van der Waals surface area contributed by atoms with Crippen LogP contribution in [0.3, 0.4) is 0 Å². The Morgan fingerprint density at radius 2 is 1.78 bits per heavy atom. The standard InChI is InChI=1S/C24H28O3/c1-24(2,3)22(25)15-21(17-9-12-18(27-4)13-10-17)20-14-11-16-7-5-6-8-19(16)23(20)26/h5-10,12-13,20-21H,11,14-15H2,1-4H3. The van der Waals surface area contributed by atoms with E-state index in [1.165, 1.54) is 0 Å². The molecule has 0 heterocycles. The summed E-state index contributed by atoms with van der Waals surface area (Å²) in [7, 11) is 1.64. The van der Waals surface area contributed by atoms with Gasteiger partial charge in [0.05, 0.1) is 7.11 Å². The van der Waals surface area contributed by atoms with E-state index in [0.717, 1.165) is 35.3 Å². The van der Waals surface area contributed by atoms with Crippen LogP contribution in [0, 0.1) is 11.3 Å². The van der Waals surface area contributed by atoms with Crippen molar-refractivity contribution in [2.24, 2.45) is 11.3 Å². The Morgan fingerprint density at radius 3 is 2.41 bits per heavy atom. The number of benzene rings is 2. The van der Waals surface area contributed by atoms with Crippen LogP contribution in [0.25, 0.3) is 0 Å². The van der Waals surface area contributed by atoms with Gasteiger partial charge in [-0.2, -0.15) is 0 Å². The van der Waals surface area contributed by atoms with E-state index in [1.54, 1.807) is 7.11 Å². The number of methoxy groups -OCH3 is 1. The second kappa shape index (κ2) is 7.67. The average molecular weight is 364 g/mol. The molecule has 2 aromatic rings. The Labute approximate surface area is 161 Å². The maximum absolute atomic E-state index is 13.2. The molecule has 0 bridgehead atoms. The van der Waals surface area contributed by atoms with Crippen LogP contribution < -0.4 is 4.74 Å². The molecule has 0 spiro atoms. The molecule has 27 heavy (non-hydrogen) atoms. The number of aryl methyl sites for hydroxylation is 1. The molecular formula is C24H28O3. The molecule has 2 atom stereocenters. The Morgan fingerprint density at radius 1 is 1.11 bits per heavy atom. The molecule has 3 heteroatoms. The molecule has 2 aromatic carbocycles. The fraction of sp³-hybridized carbons (Fsp3) is 0.417. The highest BCUT2D eigenvalue weighted by Crippen LogP contribution is 2.39. The molecule has 0 aliphatic heterocycles. The molecule has 1 aliphatic carbocycles. The summed E-state index contributed by atoms with van der Waals surface area (Å²) >= 11 is 0. The molecule has 2 unspecified atom stereocenters. The number of ether oxygens (including phenoxy) is 1. The lowest BCUT2D eigenvalue weighted by Gasteiger charge is -2.32. The van der Waals surface area contributed by atoms with E-state index in [4.69, 9.17) is 4.74 Å². The number of hydrogen-bond donors (Lipinski definition) is 0. The van der Waals surface area contributed by atoms with Crippen LogP contribution in [0.2, 0.25) is 0 Å². The third-order valence-corrected chi connectivity index (χ3v) is 5.62. The molecule has 0 fully saturated rings. The van der Waals surface area contributed by atoms with Gasteiger partial charge in [0, 0.05) is 29.2 Å². The minimum Gasteiger partial charge on any atom is -0.497 e. The van der Waals surface area contributed by atoms with Crippen LogP contribution in [0.1, 0.15) is 61.0 Å². The molecule has 3 nitrogen and oxygen atoms in total. The van der Waals surface area contributed by atoms with Gasteiger partial charge in [-0.3, -0.25) is 9.59 Å². The van der Waals surface area contributed by atoms with Crippen LogP contribution in [0.4, 0.5) is 0 Å². The molecule has 3 rings (SSSR count). The zero-order valence-corrected chi connectivity index (χ0v) is 16.6. The maximum atomic E-state index is 13.2. The fourth-order valence-electron chi connectivity index (χ4n) is 3.85. The molecule has 142 valence electrons. The van der Waals surface area contributed by atoms with Crippen molar-refractivity contribution in [3.05, 3.63) is 65.2 Å². The minimum absolute atomic E-state index is 0.108. The van der Waals surface area contributed by atoms with Crippen molar-refractivity contribution in [3.8, 4) is 5.75 Å². The first-order valence-corrected chi connectivity index (χ1v) is 9.60. The van der Waals surface area contributed by atoms with Gasteiger partial charge in [0.25, 0.3) is 0 Å². The first kappa shape index (κ1) is 19.3. The summed E-state index contributed by atoms with van der Waals surface area (Å²) in [5.41, 5.74) is 2.55. The Balaban J connectivity index is 1.96. The van der Waals surface area contributed by atoms with Gasteiger partial charge >= 0.3 is 0 Å². The number of carbonyl (C=O) groups excluding carboxylic acids is 2. The summed E-state index contributed by atoms with van der Waals surface area (Å²) in [5.74, 6) is 0.859. The van der Waals surface area contributed by atoms with Gasteiger partial charge in [-0.15, -0.1) is 0 Å². The number of ketones is 2. The zero-order chi connectivity index (χ0) is 19.6. The molecule has 0 amide bonds. The monoisotopic (exact) mass is 364 g/mol. The van der Waals surface area contributed by atoms with Gasteiger partial charge in [0.2, 0.25) is 0 Å². The summed E-state index contributed by atoms with van der Waals surface area (Å²) in [6.45, 7) is 5.83. The van der Waals surface area contributed by atoms with Crippen molar-refractivity contribution < 1.29 is 14.3 Å². The van der Waals surface area contributed by atoms with Crippen molar-refractivity contribution in [1.82, 2.24) is 0 Å². The SMILES string of the molecule is COc1ccc(C(CC(=O)C(C)(C)C)C2CCc3ccccc3C2=O)cc1. The van der Waals surface area contributed by atoms with Crippen molar-refractivity contribution in [3.63, 3.8) is 0 Å². The van der Waals surface area contributed by atoms with E-state index in [-0.39, 0.29) is 23.4 Å². The lowest BCUT2D eigenvalue weighted by atomic mass is 9.70. The normalized spacial score (nSPS) is 17.9. The highest BCUT2D eigenvalue weighted by molar-refractivity contribution is 6.01. The molecular weight excluding hydrogens is 336 g/mol. The topological polar surface area (TPSA) is 43.4 Å². The first-order chi connectivity index (χ1) is 12.8. The van der Waals surface area contributed by atoms with Crippen LogP contribution >= 0.6 is 0 Å². The van der Waals surface area contributed by atoms with E-state index in [2.05, 4.69) is 0 Å². The predicted molar refractivity (Wildman–Crippen MR) is 107 cm³/mol. The summed E-state index contributed by atoms with van der Waals surface area (Å²) in [6.07, 6.45) is 2.04. The number of hydrogen-bond acceptors (Lipinski definition) is 3. The van der Waals surface area contributed by atoms with Crippen LogP contribution in [-0.2, 0) is 11.2 Å². The van der Waals surface area contributed by atoms with Crippen LogP contribution in [0.5, 0.6) is 5.75 Å². The summed E-state index contributed by atoms with van der Waals surface area (Å²) in [4.78, 5) is 26.1. The molecule has 0 saturated heterocycles. The maximum Gasteiger partial charge on any atom is 0.166 e. The zero-order valence-electron chi connectivity index (χ0n) is 16.6. The predicted octanol–water partition coefficient (Wildman–Crippen LogP) is 5.23. The highest BCUT2D eigenvalue weighted by atomic mass is 16.5. The van der Waals surface area contributed by atoms with E-state index in [0.29, 0.717) is 6.42 Å². The molecule has 1 aliphatic rings. The van der Waals surface area contributed by atoms with E-state index in [9.17, 15) is 9.59 Å². The molecule has 0 aromatic heterocycles. The second-order valence-corrected chi connectivity index (χ2v) is 8.42. The van der Waals surface area contributed by atoms with Gasteiger partial charge in [0.1, 0.15) is 11.5 Å². The summed E-state index contributed by atoms with van der Waals surface area (Å²) in [5, 5.41) is 0. The first-order valence-electron chi connectivity index (χ1n) is 9.60. The molecule has 0 radical (unpaired) electrons. The van der Waals surface area contributed by atoms with Crippen molar-refractivity contribution in [2.45, 2.75) is 46.0 Å². The Hall–Kier alpha value is -2.42. The number of carbonyl (C=O) groups is 2. The van der Waals surface area contributed by atoms with Gasteiger partial charge < -0.3 is 4.74 Å². The number of rotatable bonds is 5. The van der Waals surface area contributed by atoms with E-state index in [1.807, 2.05) is 69.3 Å². The van der Waals surface area contributed by atoms with Gasteiger partial charge in [-0.25, -0.2) is 0 Å². The third-order valence-electron chi connectivity index (χ3n) is 5.62. The summed E-state index contributed by atoms with van der Waals surface area (Å²) in [6, 6.07) is 15.7. The lowest BCUT2D eigenvalue weighted by molar-refractivity contribution is -0.126. The third kappa shape index (κ3) is 4.13. The fourth-order valence-corrected chi connectivity index (χ4v) is 3.85. The van der Waals surface area contributed by atoms with Gasteiger partial charge in [0.15, 0.2) is 5.78 Å². The Bertz CT molecular complexity index is 827. The van der Waals surface area contributed by atoms with Crippen LogP contribution in [0.15, 0.2) is 48.5 Å². The van der Waals surface area contributed by atoms with Gasteiger partial charge in [-0.1, -0.05) is 57.2 Å². The van der Waals surface area contributed by atoms with Crippen molar-refractivity contribution >= 4 is 11.6 Å². The van der Waals surface area contributed by atoms with Crippen molar-refractivity contribution in [1.29, 1.82) is 0 Å². The minimum atomic E-state index is -0.416. The van der Waals surface area contributed by atoms with Crippen molar-refractivity contribution in [2.75, 3.05) is 7.11 Å². The summed E-state index contributed by atoms with van der Waals surface area (Å²) < 4.78 is 5.26. The highest BCUT2D eigenvalue weighted by Gasteiger charge is 2.37. The lowest BCUT2D eigenvalue weighted by Crippen LogP contribution is -2.32. The quantitative estimate of drug-likeness (QED) is 0.730. The second-order valence-electron chi connectivity index (χ2n) is 8.42. The van der Waals surface area contributed by atoms with E-state index < -0.39 is 5.41 Å². The average Bonchev–Trinajstić information content (AvgIpc) is 2.66. The molecule has 0 saturated carbocycles. The van der Waals surface area contributed by atoms with E-state index >= 15 is 0 Å². The largest absolute Gasteiger partial charge is 0.497 e. The van der Waals surface area contributed by atoms with Gasteiger partial charge in [-0.05, 0) is 36.1 Å².